The summed E-state index contributed by atoms with van der Waals surface area (Å²) in [6.45, 7) is 1.43. The van der Waals surface area contributed by atoms with Crippen molar-refractivity contribution in [1.82, 2.24) is 5.32 Å². The molecule has 1 atom stereocenters. The van der Waals surface area contributed by atoms with Crippen molar-refractivity contribution in [2.24, 2.45) is 0 Å². The molecule has 19 heavy (non-hydrogen) atoms. The van der Waals surface area contributed by atoms with E-state index in [9.17, 15) is 9.18 Å². The van der Waals surface area contributed by atoms with Crippen LogP contribution >= 0.6 is 15.9 Å². The second-order valence-corrected chi connectivity index (χ2v) is 5.36. The molecule has 0 radical (unpaired) electrons. The first-order valence-electron chi connectivity index (χ1n) is 5.92. The molecule has 4 nitrogen and oxygen atoms in total. The van der Waals surface area contributed by atoms with Crippen molar-refractivity contribution >= 4 is 21.8 Å². The summed E-state index contributed by atoms with van der Waals surface area (Å²) in [5, 5.41) is 2.75. The van der Waals surface area contributed by atoms with Gasteiger partial charge in [0, 0.05) is 32.2 Å². The second-order valence-electron chi connectivity index (χ2n) is 4.50. The van der Waals surface area contributed by atoms with Gasteiger partial charge in [0.05, 0.1) is 11.1 Å². The van der Waals surface area contributed by atoms with Gasteiger partial charge in [-0.05, 0) is 34.1 Å². The van der Waals surface area contributed by atoms with Gasteiger partial charge in [-0.3, -0.25) is 4.79 Å². The fraction of sp³-hybridized carbons (Fsp3) is 0.462. The number of methoxy groups -OCH3 is 1. The van der Waals surface area contributed by atoms with Crippen molar-refractivity contribution < 1.29 is 18.7 Å². The first-order valence-corrected chi connectivity index (χ1v) is 6.72. The molecular formula is C13H15BrFNO3. The number of benzene rings is 1. The lowest BCUT2D eigenvalue weighted by molar-refractivity contribution is -0.0148. The van der Waals surface area contributed by atoms with Gasteiger partial charge in [-0.1, -0.05) is 0 Å². The second kappa shape index (κ2) is 5.98. The standard InChI is InChI=1S/C13H15BrFNO3/c1-18-13(4-5-19-8-13)7-16-12(17)9-2-3-10(14)11(15)6-9/h2-3,6H,4-5,7-8H2,1H3,(H,16,17). The zero-order valence-corrected chi connectivity index (χ0v) is 12.1. The Bertz CT molecular complexity index is 475. The first kappa shape index (κ1) is 14.4. The van der Waals surface area contributed by atoms with E-state index in [-0.39, 0.29) is 11.5 Å². The van der Waals surface area contributed by atoms with Gasteiger partial charge in [0.2, 0.25) is 0 Å². The summed E-state index contributed by atoms with van der Waals surface area (Å²) in [5.74, 6) is -0.784. The zero-order chi connectivity index (χ0) is 13.9. The Labute approximate surface area is 119 Å². The number of amides is 1. The van der Waals surface area contributed by atoms with Crippen molar-refractivity contribution in [3.8, 4) is 0 Å². The van der Waals surface area contributed by atoms with Gasteiger partial charge in [0.15, 0.2) is 0 Å². The Morgan fingerprint density at radius 1 is 1.63 bits per heavy atom. The summed E-state index contributed by atoms with van der Waals surface area (Å²) >= 11 is 3.05. The van der Waals surface area contributed by atoms with E-state index in [1.54, 1.807) is 13.2 Å². The van der Waals surface area contributed by atoms with Crippen LogP contribution in [0.1, 0.15) is 16.8 Å². The Morgan fingerprint density at radius 2 is 2.42 bits per heavy atom. The predicted molar refractivity (Wildman–Crippen MR) is 71.6 cm³/mol. The van der Waals surface area contributed by atoms with Crippen molar-refractivity contribution in [3.63, 3.8) is 0 Å². The minimum Gasteiger partial charge on any atom is -0.378 e. The molecule has 104 valence electrons. The Hall–Kier alpha value is -0.980. The SMILES string of the molecule is COC1(CNC(=O)c2ccc(Br)c(F)c2)CCOC1. The average molecular weight is 332 g/mol. The van der Waals surface area contributed by atoms with Crippen LogP contribution in [0.5, 0.6) is 0 Å². The van der Waals surface area contributed by atoms with Crippen LogP contribution in [0.25, 0.3) is 0 Å². The van der Waals surface area contributed by atoms with E-state index in [0.29, 0.717) is 24.2 Å². The number of rotatable bonds is 4. The van der Waals surface area contributed by atoms with Crippen molar-refractivity contribution in [2.75, 3.05) is 26.9 Å². The topological polar surface area (TPSA) is 47.6 Å². The van der Waals surface area contributed by atoms with Crippen LogP contribution in [0.15, 0.2) is 22.7 Å². The molecule has 0 saturated carbocycles. The number of hydrogen-bond acceptors (Lipinski definition) is 3. The fourth-order valence-corrected chi connectivity index (χ4v) is 2.19. The van der Waals surface area contributed by atoms with Crippen molar-refractivity contribution in [3.05, 3.63) is 34.1 Å². The summed E-state index contributed by atoms with van der Waals surface area (Å²) < 4.78 is 24.4. The maximum Gasteiger partial charge on any atom is 0.251 e. The molecule has 1 aromatic carbocycles. The predicted octanol–water partition coefficient (Wildman–Crippen LogP) is 2.12. The van der Waals surface area contributed by atoms with Gasteiger partial charge in [-0.2, -0.15) is 0 Å². The normalized spacial score (nSPS) is 22.5. The number of carbonyl (C=O) groups is 1. The molecule has 1 N–H and O–H groups in total. The summed E-state index contributed by atoms with van der Waals surface area (Å²) in [6.07, 6.45) is 0.735. The highest BCUT2D eigenvalue weighted by Crippen LogP contribution is 2.22. The molecule has 1 heterocycles. The summed E-state index contributed by atoms with van der Waals surface area (Å²) in [7, 11) is 1.60. The lowest BCUT2D eigenvalue weighted by Gasteiger charge is -2.25. The van der Waals surface area contributed by atoms with E-state index in [2.05, 4.69) is 21.2 Å². The smallest absolute Gasteiger partial charge is 0.251 e. The monoisotopic (exact) mass is 331 g/mol. The number of hydrogen-bond donors (Lipinski definition) is 1. The number of halogens is 2. The minimum absolute atomic E-state index is 0.283. The molecule has 0 aromatic heterocycles. The lowest BCUT2D eigenvalue weighted by Crippen LogP contribution is -2.45. The lowest BCUT2D eigenvalue weighted by atomic mass is 10.0. The van der Waals surface area contributed by atoms with Gasteiger partial charge in [0.1, 0.15) is 11.4 Å². The van der Waals surface area contributed by atoms with E-state index < -0.39 is 11.4 Å². The third-order valence-corrected chi connectivity index (χ3v) is 3.90. The molecule has 0 spiro atoms. The summed E-state index contributed by atoms with van der Waals surface area (Å²) in [6, 6.07) is 4.27. The van der Waals surface area contributed by atoms with Crippen LogP contribution in [0.3, 0.4) is 0 Å². The zero-order valence-electron chi connectivity index (χ0n) is 10.5. The van der Waals surface area contributed by atoms with E-state index in [1.807, 2.05) is 0 Å². The molecule has 1 saturated heterocycles. The molecule has 0 bridgehead atoms. The maximum absolute atomic E-state index is 13.4. The molecule has 1 unspecified atom stereocenters. The molecule has 1 fully saturated rings. The van der Waals surface area contributed by atoms with E-state index in [4.69, 9.17) is 9.47 Å². The molecule has 1 amide bonds. The molecule has 1 aliphatic heterocycles. The van der Waals surface area contributed by atoms with Gasteiger partial charge in [0.25, 0.3) is 5.91 Å². The van der Waals surface area contributed by atoms with E-state index in [0.717, 1.165) is 6.42 Å². The average Bonchev–Trinajstić information content (AvgIpc) is 2.89. The van der Waals surface area contributed by atoms with Gasteiger partial charge < -0.3 is 14.8 Å². The van der Waals surface area contributed by atoms with Crippen LogP contribution in [-0.4, -0.2) is 38.4 Å². The minimum atomic E-state index is -0.469. The third kappa shape index (κ3) is 3.32. The highest BCUT2D eigenvalue weighted by atomic mass is 79.9. The molecule has 1 aromatic rings. The fourth-order valence-electron chi connectivity index (χ4n) is 1.94. The Balaban J connectivity index is 1.99. The number of carbonyl (C=O) groups excluding carboxylic acids is 1. The highest BCUT2D eigenvalue weighted by molar-refractivity contribution is 9.10. The van der Waals surface area contributed by atoms with Crippen molar-refractivity contribution in [1.29, 1.82) is 0 Å². The number of ether oxygens (including phenoxy) is 2. The Kier molecular flexibility index (Phi) is 4.54. The van der Waals surface area contributed by atoms with E-state index >= 15 is 0 Å². The molecule has 6 heteroatoms. The molecule has 1 aliphatic rings. The van der Waals surface area contributed by atoms with E-state index in [1.165, 1.54) is 12.1 Å². The third-order valence-electron chi connectivity index (χ3n) is 3.25. The van der Waals surface area contributed by atoms with Crippen LogP contribution in [0, 0.1) is 5.82 Å². The van der Waals surface area contributed by atoms with Crippen LogP contribution < -0.4 is 5.32 Å². The Morgan fingerprint density at radius 3 is 3.00 bits per heavy atom. The van der Waals surface area contributed by atoms with Crippen LogP contribution in [0.2, 0.25) is 0 Å². The molecular weight excluding hydrogens is 317 g/mol. The highest BCUT2D eigenvalue weighted by Gasteiger charge is 2.35. The van der Waals surface area contributed by atoms with Crippen LogP contribution in [0.4, 0.5) is 4.39 Å². The van der Waals surface area contributed by atoms with Gasteiger partial charge in [-0.25, -0.2) is 4.39 Å². The van der Waals surface area contributed by atoms with Crippen LogP contribution in [-0.2, 0) is 9.47 Å². The molecule has 2 rings (SSSR count). The largest absolute Gasteiger partial charge is 0.378 e. The quantitative estimate of drug-likeness (QED) is 0.919. The van der Waals surface area contributed by atoms with Crippen molar-refractivity contribution in [2.45, 2.75) is 12.0 Å². The molecule has 0 aliphatic carbocycles. The first-order chi connectivity index (χ1) is 9.06. The van der Waals surface area contributed by atoms with Gasteiger partial charge in [-0.15, -0.1) is 0 Å². The van der Waals surface area contributed by atoms with Gasteiger partial charge >= 0.3 is 0 Å². The summed E-state index contributed by atoms with van der Waals surface area (Å²) in [4.78, 5) is 11.9. The summed E-state index contributed by atoms with van der Waals surface area (Å²) in [5.41, 5.74) is -0.185. The number of nitrogens with one attached hydrogen (secondary N) is 1. The maximum atomic E-state index is 13.4.